The van der Waals surface area contributed by atoms with E-state index in [0.29, 0.717) is 135 Å². The van der Waals surface area contributed by atoms with E-state index < -0.39 is 77.4 Å². The highest BCUT2D eigenvalue weighted by Gasteiger charge is 2.53. The van der Waals surface area contributed by atoms with Crippen LogP contribution >= 0.6 is 91.8 Å². The van der Waals surface area contributed by atoms with Crippen LogP contribution in [-0.4, -0.2) is 146 Å². The molecule has 5 unspecified atom stereocenters. The molecule has 0 radical (unpaired) electrons. The minimum absolute atomic E-state index is 0.0105. The zero-order chi connectivity index (χ0) is 95.1. The molecule has 0 spiro atoms. The molecule has 4 aromatic carbocycles. The van der Waals surface area contributed by atoms with Gasteiger partial charge in [0.15, 0.2) is 5.78 Å². The fourth-order valence-corrected chi connectivity index (χ4v) is 23.4. The number of thiophene rings is 4. The van der Waals surface area contributed by atoms with Gasteiger partial charge in [-0.05, 0) is 165 Å². The number of unbranched alkanes of at least 4 members (excludes halogenated alkanes) is 4. The number of rotatable bonds is 42. The zero-order valence-corrected chi connectivity index (χ0v) is 80.7. The van der Waals surface area contributed by atoms with Crippen LogP contribution in [0.5, 0.6) is 0 Å². The summed E-state index contributed by atoms with van der Waals surface area (Å²) in [7, 11) is 0. The average molecular weight is 1950 g/mol. The summed E-state index contributed by atoms with van der Waals surface area (Å²) >= 11 is 32.6. The quantitative estimate of drug-likeness (QED) is 0.00961. The predicted molar refractivity (Wildman–Crippen MR) is 528 cm³/mol. The molecule has 0 aliphatic heterocycles. The lowest BCUT2D eigenvalue weighted by molar-refractivity contribution is -0.138. The van der Waals surface area contributed by atoms with Crippen molar-refractivity contribution in [2.45, 2.75) is 244 Å². The summed E-state index contributed by atoms with van der Waals surface area (Å²) in [4.78, 5) is 97.0. The average Bonchev–Trinajstić information content (AvgIpc) is 1.61. The lowest BCUT2D eigenvalue weighted by Gasteiger charge is -2.22. The third-order valence-electron chi connectivity index (χ3n) is 24.7. The monoisotopic (exact) mass is 1940 g/mol. The molecule has 15 atom stereocenters. The second-order valence-electron chi connectivity index (χ2n) is 35.4. The number of ketones is 4. The Morgan fingerprint density at radius 2 is 0.786 bits per heavy atom. The summed E-state index contributed by atoms with van der Waals surface area (Å²) in [5.41, 5.74) is -1.26. The second kappa shape index (κ2) is 52.7. The molecule has 4 aliphatic carbocycles. The van der Waals surface area contributed by atoms with Crippen molar-refractivity contribution >= 4 is 179 Å². The lowest BCUT2D eigenvalue weighted by atomic mass is 9.86. The number of allylic oxidation sites excluding steroid dienone is 8. The topological polar surface area (TPSA) is 359 Å². The molecule has 4 saturated carbocycles. The number of aliphatic hydroxyl groups excluding tert-OH is 7. The van der Waals surface area contributed by atoms with Gasteiger partial charge in [-0.15, -0.1) is 57.2 Å². The third kappa shape index (κ3) is 31.8. The Labute approximate surface area is 803 Å². The highest BCUT2D eigenvalue weighted by atomic mass is 35.5. The molecule has 12 rings (SSSR count). The van der Waals surface area contributed by atoms with Gasteiger partial charge in [0.05, 0.1) is 62.1 Å². The summed E-state index contributed by atoms with van der Waals surface area (Å²) in [5.74, 6) is 0.921. The molecule has 4 aliphatic rings. The van der Waals surface area contributed by atoms with Crippen molar-refractivity contribution in [1.29, 1.82) is 0 Å². The third-order valence-corrected chi connectivity index (χ3v) is 31.8. The van der Waals surface area contributed by atoms with E-state index in [2.05, 4.69) is 17.9 Å². The number of aliphatic hydroxyl groups is 7. The molecule has 4 heterocycles. The van der Waals surface area contributed by atoms with E-state index in [9.17, 15) is 74.1 Å². The number of carboxylic acid groups (broad SMARTS) is 4. The Morgan fingerprint density at radius 3 is 1.18 bits per heavy atom. The summed E-state index contributed by atoms with van der Waals surface area (Å²) in [5, 5.41) is 115. The highest BCUT2D eigenvalue weighted by molar-refractivity contribution is 7.21. The SMILES string of the molecule is CC1(C)C(=O)[C@H](C/C=C\CCCC(=O)O)[C@@H](/C=C/C(O)CCc2sc3ccccc3c2Cl)[C@@H]1O.CC1(C)C[C@H](/C=C/C(O)CCc2sc3ccccc3c2Cl)[C@@H](CC#CCCCC(=O)O)C1=O.O=C(O)CCC/C=C\C[C@H]1C(=O)C(O)C[C@@H]1/C=C/C(O)CCc1sc2ccccc2c1Cl.O=C(O)CCC/C=C\C[C@H]1C(=O)C[C@@H](O)[C@@H]1/C=C/C(O)CCc1sc2ccccc2c1Cl. The number of halogens is 4. The van der Waals surface area contributed by atoms with E-state index in [-0.39, 0.29) is 103 Å². The van der Waals surface area contributed by atoms with Crippen molar-refractivity contribution in [2.24, 2.45) is 58.2 Å². The number of fused-ring (bicyclic) bond motifs is 4. The van der Waals surface area contributed by atoms with Crippen molar-refractivity contribution in [3.8, 4) is 11.8 Å². The first kappa shape index (κ1) is 107. The maximum absolute atomic E-state index is 13.0. The van der Waals surface area contributed by atoms with Gasteiger partial charge < -0.3 is 56.2 Å². The van der Waals surface area contributed by atoms with Gasteiger partial charge in [-0.3, -0.25) is 38.4 Å². The second-order valence-corrected chi connectivity index (χ2v) is 41.4. The van der Waals surface area contributed by atoms with Crippen LogP contribution in [0, 0.1) is 70.0 Å². The van der Waals surface area contributed by atoms with Crippen molar-refractivity contribution in [1.82, 2.24) is 0 Å². The van der Waals surface area contributed by atoms with Crippen molar-refractivity contribution < 1.29 is 94.5 Å². The van der Waals surface area contributed by atoms with Gasteiger partial charge in [-0.25, -0.2) is 0 Å². The van der Waals surface area contributed by atoms with Crippen molar-refractivity contribution in [3.63, 3.8) is 0 Å². The number of carbonyl (C=O) groups is 8. The van der Waals surface area contributed by atoms with Gasteiger partial charge in [0.2, 0.25) is 0 Å². The Morgan fingerprint density at radius 1 is 0.435 bits per heavy atom. The van der Waals surface area contributed by atoms with Gasteiger partial charge in [-0.2, -0.15) is 0 Å². The molecule has 27 heteroatoms. The van der Waals surface area contributed by atoms with Gasteiger partial charge in [0.25, 0.3) is 0 Å². The van der Waals surface area contributed by atoms with Crippen LogP contribution < -0.4 is 0 Å². The largest absolute Gasteiger partial charge is 0.481 e. The Bertz CT molecular complexity index is 5450. The number of aliphatic carboxylic acids is 4. The van der Waals surface area contributed by atoms with Crippen molar-refractivity contribution in [3.05, 3.63) is 222 Å². The highest BCUT2D eigenvalue weighted by Crippen LogP contribution is 2.48. The first-order valence-electron chi connectivity index (χ1n) is 45.1. The number of aryl methyl sites for hydroxylation is 4. The Balaban J connectivity index is 0.000000197. The van der Waals surface area contributed by atoms with Crippen LogP contribution in [0.2, 0.25) is 20.1 Å². The van der Waals surface area contributed by atoms with E-state index in [4.69, 9.17) is 66.8 Å². The summed E-state index contributed by atoms with van der Waals surface area (Å²) in [6.45, 7) is 7.46. The van der Waals surface area contributed by atoms with Crippen LogP contribution in [0.4, 0.5) is 0 Å². The van der Waals surface area contributed by atoms with Crippen LogP contribution in [-0.2, 0) is 64.0 Å². The fourth-order valence-electron chi connectivity index (χ4n) is 17.3. The van der Waals surface area contributed by atoms with Gasteiger partial charge in [0, 0.05) is 146 Å². The number of hydrogen-bond donors (Lipinski definition) is 11. The van der Waals surface area contributed by atoms with Gasteiger partial charge >= 0.3 is 23.9 Å². The molecule has 0 amide bonds. The molecular weight excluding hydrogens is 1820 g/mol. The zero-order valence-electron chi connectivity index (χ0n) is 74.4. The van der Waals surface area contributed by atoms with Crippen LogP contribution in [0.1, 0.15) is 195 Å². The van der Waals surface area contributed by atoms with E-state index in [1.165, 1.54) is 0 Å². The molecule has 8 aromatic rings. The lowest BCUT2D eigenvalue weighted by Crippen LogP contribution is -2.31. The Kier molecular flexibility index (Phi) is 42.9. The molecule has 11 N–H and O–H groups in total. The number of hydrogen-bond acceptors (Lipinski definition) is 19. The van der Waals surface area contributed by atoms with Crippen LogP contribution in [0.3, 0.4) is 0 Å². The van der Waals surface area contributed by atoms with Crippen LogP contribution in [0.25, 0.3) is 40.3 Å². The molecular formula is C104H122Cl4O19S4. The molecule has 4 aromatic heterocycles. The van der Waals surface area contributed by atoms with E-state index in [0.717, 1.165) is 86.4 Å². The minimum Gasteiger partial charge on any atom is -0.481 e. The summed E-state index contributed by atoms with van der Waals surface area (Å²) in [6.07, 6.45) is 33.6. The summed E-state index contributed by atoms with van der Waals surface area (Å²) < 4.78 is 4.54. The Hall–Kier alpha value is -8.10. The first-order chi connectivity index (χ1) is 62.5. The smallest absolute Gasteiger partial charge is 0.303 e. The standard InChI is InChI=1S/C27H33ClO5S.C27H31ClO4S.2C25H29ClO5S/c1-27(2)25(32)18(9-5-3-4-6-12-23(30)31)19(26(27)33)15-13-17(29)14-16-22-24(28)20-10-7-8-11-21(20)34-22;1-27(2)17-18(20(26(27)32)9-5-3-4-6-12-24(30)31)13-14-19(29)15-16-23-25(28)21-10-7-8-11-22(21)33-23;26-25-19-8-5-6-9-22(19)32-23(25)14-12-16(27)11-13-18-17(20(28)15-21(18)29)7-3-1-2-4-10-24(30)31;26-24-19-8-5-6-9-21(19)32-22(24)14-13-17(27)12-11-16-15-20(28)25(31)18(16)7-3-1-2-4-10-23(29)30/h3,5,7-8,10-11,13,15,17-19,26,29,33H,4,6,9,12,14,16H2,1-2H3,(H,30,31);7-8,10-11,13-14,18-20,29H,4,6,9,12,15-17H2,1-2H3,(H,30,31);1,3,5-6,8-9,11,13,16-18,21,27,29H,2,4,7,10,12,14-15H2,(H,30,31);1,3,5-6,8-9,11-12,16-18,20,27-28H,2,4,7,10,13-15H2,(H,29,30)/b5-3-,15-13+;14-13+;3-1-,13-11+;3-1-,12-11+/t17?,18-,19-,26+;18-,19?,20+;16?,17-,18-,21-;16-,17?,18+,20?/m1010/s1. The maximum atomic E-state index is 13.0. The molecule has 131 heavy (non-hydrogen) atoms. The molecule has 0 saturated heterocycles. The normalized spacial score (nSPS) is 22.3. The maximum Gasteiger partial charge on any atom is 0.303 e. The van der Waals surface area contributed by atoms with Crippen molar-refractivity contribution in [2.75, 3.05) is 0 Å². The molecule has 0 bridgehead atoms. The summed E-state index contributed by atoms with van der Waals surface area (Å²) in [6, 6.07) is 31.9. The van der Waals surface area contributed by atoms with Crippen LogP contribution in [0.15, 0.2) is 182 Å². The first-order valence-corrected chi connectivity index (χ1v) is 49.9. The predicted octanol–water partition coefficient (Wildman–Crippen LogP) is 22.4. The number of carboxylic acids is 4. The number of carbonyl (C=O) groups excluding carboxylic acids is 4. The molecule has 19 nitrogen and oxygen atoms in total. The molecule has 4 fully saturated rings. The van der Waals surface area contributed by atoms with Gasteiger partial charge in [0.1, 0.15) is 23.5 Å². The minimum atomic E-state index is -0.968. The van der Waals surface area contributed by atoms with E-state index >= 15 is 0 Å². The number of benzene rings is 4. The molecule has 704 valence electrons. The van der Waals surface area contributed by atoms with Gasteiger partial charge in [-0.1, -0.05) is 232 Å². The van der Waals surface area contributed by atoms with E-state index in [1.807, 2.05) is 160 Å². The fraction of sp³-hybridized carbons (Fsp3) is 0.462. The van der Waals surface area contributed by atoms with E-state index in [1.54, 1.807) is 89.6 Å². The number of Topliss-reactive ketones (excluding diaryl/α,β-unsaturated/α-hetero) is 4.